The Morgan fingerprint density at radius 3 is 2.26 bits per heavy atom. The maximum absolute atomic E-state index is 13.3. The minimum Gasteiger partial charge on any atom is -0.466 e. The third-order valence-corrected chi connectivity index (χ3v) is 5.31. The minimum atomic E-state index is -0.530. The maximum atomic E-state index is 13.3. The largest absolute Gasteiger partial charge is 0.466 e. The molecule has 1 aromatic heterocycles. The van der Waals surface area contributed by atoms with Gasteiger partial charge in [-0.15, -0.1) is 0 Å². The highest BCUT2D eigenvalue weighted by Crippen LogP contribution is 2.33. The van der Waals surface area contributed by atoms with Crippen molar-refractivity contribution in [1.29, 1.82) is 0 Å². The number of aromatic amines is 1. The number of esters is 1. The molecule has 2 heterocycles. The number of nitrogens with one attached hydrogen (secondary N) is 1. The number of benzene rings is 2. The van der Waals surface area contributed by atoms with Crippen LogP contribution < -0.4 is 5.56 Å². The second-order valence-electron chi connectivity index (χ2n) is 7.47. The Bertz CT molecular complexity index is 1140. The predicted molar refractivity (Wildman–Crippen MR) is 116 cm³/mol. The molecule has 0 aliphatic carbocycles. The number of likely N-dealkylation sites (tertiary alicyclic amines) is 1. The third kappa shape index (κ3) is 4.26. The summed E-state index contributed by atoms with van der Waals surface area (Å²) < 4.78 is 4.98. The summed E-state index contributed by atoms with van der Waals surface area (Å²) in [5.74, 6) is -0.588. The van der Waals surface area contributed by atoms with E-state index in [1.807, 2.05) is 60.7 Å². The molecule has 0 atom stereocenters. The first-order valence-electron chi connectivity index (χ1n) is 10.3. The van der Waals surface area contributed by atoms with E-state index >= 15 is 0 Å². The van der Waals surface area contributed by atoms with Crippen LogP contribution in [0.25, 0.3) is 22.4 Å². The molecule has 2 aromatic carbocycles. The maximum Gasteiger partial charge on any atom is 0.306 e. The number of amides is 1. The number of rotatable bonds is 6. The molecule has 31 heavy (non-hydrogen) atoms. The summed E-state index contributed by atoms with van der Waals surface area (Å²) >= 11 is 0. The van der Waals surface area contributed by atoms with Gasteiger partial charge in [-0.3, -0.25) is 14.4 Å². The molecule has 1 fully saturated rings. The highest BCUT2D eigenvalue weighted by Gasteiger charge is 2.36. The molecular weight excluding hydrogens is 394 g/mol. The van der Waals surface area contributed by atoms with Crippen molar-refractivity contribution in [3.63, 3.8) is 0 Å². The van der Waals surface area contributed by atoms with E-state index in [4.69, 9.17) is 4.74 Å². The van der Waals surface area contributed by atoms with Crippen LogP contribution in [0.3, 0.4) is 0 Å². The smallest absolute Gasteiger partial charge is 0.306 e. The lowest BCUT2D eigenvalue weighted by Crippen LogP contribution is -2.52. The number of hydrogen-bond donors (Lipinski definition) is 1. The van der Waals surface area contributed by atoms with Crippen molar-refractivity contribution in [1.82, 2.24) is 15.1 Å². The molecule has 1 N–H and O–H groups in total. The van der Waals surface area contributed by atoms with E-state index < -0.39 is 5.56 Å². The van der Waals surface area contributed by atoms with E-state index in [0.717, 1.165) is 11.1 Å². The summed E-state index contributed by atoms with van der Waals surface area (Å²) in [5.41, 5.74) is 2.13. The Balaban J connectivity index is 1.70. The van der Waals surface area contributed by atoms with Crippen LogP contribution in [0.15, 0.2) is 65.5 Å². The monoisotopic (exact) mass is 417 g/mol. The summed E-state index contributed by atoms with van der Waals surface area (Å²) in [6.07, 6.45) is 0.269. The summed E-state index contributed by atoms with van der Waals surface area (Å²) in [5, 5.41) is 6.77. The van der Waals surface area contributed by atoms with Crippen LogP contribution in [-0.2, 0) is 9.53 Å². The van der Waals surface area contributed by atoms with Crippen molar-refractivity contribution in [2.75, 3.05) is 19.7 Å². The average molecular weight is 417 g/mol. The average Bonchev–Trinajstić information content (AvgIpc) is 2.76. The zero-order chi connectivity index (χ0) is 21.8. The molecule has 0 bridgehead atoms. The molecule has 7 nitrogen and oxygen atoms in total. The van der Waals surface area contributed by atoms with Gasteiger partial charge in [-0.05, 0) is 12.5 Å². The minimum absolute atomic E-state index is 0.0395. The summed E-state index contributed by atoms with van der Waals surface area (Å²) in [4.78, 5) is 39.4. The fourth-order valence-electron chi connectivity index (χ4n) is 3.82. The molecule has 0 saturated carbocycles. The Morgan fingerprint density at radius 2 is 1.65 bits per heavy atom. The third-order valence-electron chi connectivity index (χ3n) is 5.31. The molecule has 1 saturated heterocycles. The Labute approximate surface area is 179 Å². The van der Waals surface area contributed by atoms with Gasteiger partial charge in [0.15, 0.2) is 0 Å². The molecule has 1 amide bonds. The van der Waals surface area contributed by atoms with Gasteiger partial charge in [0, 0.05) is 30.1 Å². The molecule has 0 unspecified atom stereocenters. The molecule has 158 valence electrons. The lowest BCUT2D eigenvalue weighted by atomic mass is 9.92. The SMILES string of the molecule is CCOC(=O)CC1CN(C(=O)c2c(-c3ccccc3)c(-c3ccccc3)n[nH]c2=O)C1. The van der Waals surface area contributed by atoms with Gasteiger partial charge in [-0.1, -0.05) is 60.7 Å². The van der Waals surface area contributed by atoms with E-state index in [0.29, 0.717) is 31.0 Å². The van der Waals surface area contributed by atoms with Gasteiger partial charge in [0.1, 0.15) is 5.56 Å². The number of ether oxygens (including phenoxy) is 1. The second kappa shape index (κ2) is 8.95. The summed E-state index contributed by atoms with van der Waals surface area (Å²) in [6.45, 7) is 2.92. The van der Waals surface area contributed by atoms with Gasteiger partial charge in [0.25, 0.3) is 11.5 Å². The van der Waals surface area contributed by atoms with E-state index in [-0.39, 0.29) is 29.8 Å². The van der Waals surface area contributed by atoms with Crippen molar-refractivity contribution in [2.24, 2.45) is 5.92 Å². The topological polar surface area (TPSA) is 92.4 Å². The zero-order valence-corrected chi connectivity index (χ0v) is 17.2. The van der Waals surface area contributed by atoms with E-state index in [1.165, 1.54) is 0 Å². The van der Waals surface area contributed by atoms with Gasteiger partial charge in [-0.2, -0.15) is 5.10 Å². The van der Waals surface area contributed by atoms with Crippen molar-refractivity contribution in [3.05, 3.63) is 76.6 Å². The van der Waals surface area contributed by atoms with Crippen molar-refractivity contribution in [2.45, 2.75) is 13.3 Å². The molecule has 1 aliphatic rings. The van der Waals surface area contributed by atoms with Crippen LogP contribution in [0.2, 0.25) is 0 Å². The molecule has 0 spiro atoms. The van der Waals surface area contributed by atoms with Gasteiger partial charge < -0.3 is 9.64 Å². The number of carbonyl (C=O) groups excluding carboxylic acids is 2. The number of aromatic nitrogens is 2. The van der Waals surface area contributed by atoms with Crippen molar-refractivity contribution in [3.8, 4) is 22.4 Å². The van der Waals surface area contributed by atoms with Crippen LogP contribution in [0.1, 0.15) is 23.7 Å². The summed E-state index contributed by atoms with van der Waals surface area (Å²) in [7, 11) is 0. The lowest BCUT2D eigenvalue weighted by Gasteiger charge is -2.39. The highest BCUT2D eigenvalue weighted by atomic mass is 16.5. The second-order valence-corrected chi connectivity index (χ2v) is 7.47. The fraction of sp³-hybridized carbons (Fsp3) is 0.250. The Morgan fingerprint density at radius 1 is 1.03 bits per heavy atom. The van der Waals surface area contributed by atoms with Crippen LogP contribution in [0.4, 0.5) is 0 Å². The Hall–Kier alpha value is -3.74. The molecule has 3 aromatic rings. The first-order chi connectivity index (χ1) is 15.1. The van der Waals surface area contributed by atoms with Crippen molar-refractivity contribution >= 4 is 11.9 Å². The Kier molecular flexibility index (Phi) is 5.93. The van der Waals surface area contributed by atoms with Crippen LogP contribution in [-0.4, -0.2) is 46.7 Å². The zero-order valence-electron chi connectivity index (χ0n) is 17.2. The van der Waals surface area contributed by atoms with E-state index in [2.05, 4.69) is 10.2 Å². The van der Waals surface area contributed by atoms with Gasteiger partial charge >= 0.3 is 5.97 Å². The number of carbonyl (C=O) groups is 2. The normalized spacial score (nSPS) is 13.5. The molecule has 0 radical (unpaired) electrons. The first kappa shape index (κ1) is 20.5. The highest BCUT2D eigenvalue weighted by molar-refractivity contribution is 6.04. The van der Waals surface area contributed by atoms with Crippen LogP contribution in [0, 0.1) is 5.92 Å². The van der Waals surface area contributed by atoms with E-state index in [1.54, 1.807) is 11.8 Å². The van der Waals surface area contributed by atoms with Crippen LogP contribution >= 0.6 is 0 Å². The number of H-pyrrole nitrogens is 1. The standard InChI is InChI=1S/C24H23N3O4/c1-2-31-19(28)13-16-14-27(15-16)24(30)21-20(17-9-5-3-6-10-17)22(25-26-23(21)29)18-11-7-4-8-12-18/h3-12,16H,2,13-15H2,1H3,(H,26,29). The summed E-state index contributed by atoms with van der Waals surface area (Å²) in [6, 6.07) is 18.8. The predicted octanol–water partition coefficient (Wildman–Crippen LogP) is 3.13. The van der Waals surface area contributed by atoms with Gasteiger partial charge in [0.05, 0.1) is 18.7 Å². The number of hydrogen-bond acceptors (Lipinski definition) is 5. The molecule has 1 aliphatic heterocycles. The fourth-order valence-corrected chi connectivity index (χ4v) is 3.82. The molecular formula is C24H23N3O4. The van der Waals surface area contributed by atoms with Gasteiger partial charge in [-0.25, -0.2) is 5.10 Å². The van der Waals surface area contributed by atoms with Crippen molar-refractivity contribution < 1.29 is 14.3 Å². The first-order valence-corrected chi connectivity index (χ1v) is 10.3. The van der Waals surface area contributed by atoms with Crippen LogP contribution in [0.5, 0.6) is 0 Å². The van der Waals surface area contributed by atoms with Gasteiger partial charge in [0.2, 0.25) is 0 Å². The molecule has 7 heteroatoms. The number of nitrogens with zero attached hydrogens (tertiary/aromatic N) is 2. The lowest BCUT2D eigenvalue weighted by molar-refractivity contribution is -0.145. The molecule has 4 rings (SSSR count). The van der Waals surface area contributed by atoms with E-state index in [9.17, 15) is 14.4 Å². The quantitative estimate of drug-likeness (QED) is 0.622.